The van der Waals surface area contributed by atoms with Crippen LogP contribution in [-0.4, -0.2) is 50.1 Å². The molecule has 0 aliphatic heterocycles. The largest absolute Gasteiger partial charge is 0.317 e. The van der Waals surface area contributed by atoms with Gasteiger partial charge in [-0.15, -0.1) is 0 Å². The number of nitrogens with one attached hydrogen (secondary N) is 1. The minimum atomic E-state index is 0.467. The molecule has 1 fully saturated rings. The van der Waals surface area contributed by atoms with Crippen LogP contribution in [0.3, 0.4) is 0 Å². The van der Waals surface area contributed by atoms with Crippen LogP contribution in [0.4, 0.5) is 0 Å². The molecular weight excluding hydrogens is 252 g/mol. The van der Waals surface area contributed by atoms with E-state index in [2.05, 4.69) is 51.3 Å². The monoisotopic (exact) mass is 286 g/mol. The maximum absolute atomic E-state index is 3.56. The van der Waals surface area contributed by atoms with Crippen LogP contribution >= 0.6 is 11.8 Å². The highest BCUT2D eigenvalue weighted by Crippen LogP contribution is 2.40. The Bertz CT molecular complexity index is 250. The predicted octanol–water partition coefficient (Wildman–Crippen LogP) is 3.33. The van der Waals surface area contributed by atoms with Crippen LogP contribution < -0.4 is 5.32 Å². The third-order valence-electron chi connectivity index (χ3n) is 4.80. The number of hydrogen-bond donors (Lipinski definition) is 1. The van der Waals surface area contributed by atoms with E-state index in [0.717, 1.165) is 17.9 Å². The van der Waals surface area contributed by atoms with E-state index in [-0.39, 0.29) is 0 Å². The fraction of sp³-hybridized carbons (Fsp3) is 1.00. The van der Waals surface area contributed by atoms with Crippen molar-refractivity contribution in [1.29, 1.82) is 0 Å². The number of rotatable bonds is 6. The zero-order chi connectivity index (χ0) is 14.5. The van der Waals surface area contributed by atoms with Gasteiger partial charge >= 0.3 is 0 Å². The summed E-state index contributed by atoms with van der Waals surface area (Å²) in [6.07, 6.45) is 6.32. The first-order valence-electron chi connectivity index (χ1n) is 7.73. The van der Waals surface area contributed by atoms with Gasteiger partial charge in [-0.05, 0) is 56.9 Å². The van der Waals surface area contributed by atoms with Crippen molar-refractivity contribution in [2.75, 3.05) is 39.2 Å². The Morgan fingerprint density at radius 2 is 1.95 bits per heavy atom. The molecule has 3 heteroatoms. The van der Waals surface area contributed by atoms with Crippen molar-refractivity contribution in [3.05, 3.63) is 0 Å². The van der Waals surface area contributed by atoms with E-state index in [9.17, 15) is 0 Å². The molecule has 0 heterocycles. The Hall–Kier alpha value is 0.270. The first-order chi connectivity index (χ1) is 8.88. The topological polar surface area (TPSA) is 15.3 Å². The van der Waals surface area contributed by atoms with Crippen molar-refractivity contribution in [1.82, 2.24) is 10.2 Å². The van der Waals surface area contributed by atoms with E-state index < -0.39 is 0 Å². The summed E-state index contributed by atoms with van der Waals surface area (Å²) in [5.74, 6) is 2.95. The van der Waals surface area contributed by atoms with Gasteiger partial charge in [0.1, 0.15) is 0 Å². The van der Waals surface area contributed by atoms with E-state index >= 15 is 0 Å². The average molecular weight is 287 g/mol. The molecule has 2 nitrogen and oxygen atoms in total. The molecule has 0 aromatic carbocycles. The van der Waals surface area contributed by atoms with E-state index in [1.807, 2.05) is 11.8 Å². The van der Waals surface area contributed by atoms with Crippen molar-refractivity contribution >= 4 is 11.8 Å². The van der Waals surface area contributed by atoms with Crippen LogP contribution in [0.5, 0.6) is 0 Å². The van der Waals surface area contributed by atoms with Crippen molar-refractivity contribution in [3.8, 4) is 0 Å². The molecule has 1 aliphatic carbocycles. The third kappa shape index (κ3) is 5.65. The van der Waals surface area contributed by atoms with Crippen molar-refractivity contribution in [3.63, 3.8) is 0 Å². The third-order valence-corrected chi connectivity index (χ3v) is 5.39. The lowest BCUT2D eigenvalue weighted by atomic mass is 9.67. The molecule has 114 valence electrons. The van der Waals surface area contributed by atoms with E-state index in [1.165, 1.54) is 38.1 Å². The second-order valence-electron chi connectivity index (χ2n) is 7.29. The van der Waals surface area contributed by atoms with Gasteiger partial charge in [-0.2, -0.15) is 11.8 Å². The normalized spacial score (nSPS) is 28.9. The highest BCUT2D eigenvalue weighted by atomic mass is 32.2. The first kappa shape index (κ1) is 17.3. The summed E-state index contributed by atoms with van der Waals surface area (Å²) >= 11 is 1.95. The van der Waals surface area contributed by atoms with Gasteiger partial charge in [0, 0.05) is 24.9 Å². The summed E-state index contributed by atoms with van der Waals surface area (Å²) < 4.78 is 0. The van der Waals surface area contributed by atoms with Crippen LogP contribution in [0.15, 0.2) is 0 Å². The summed E-state index contributed by atoms with van der Waals surface area (Å²) in [5.41, 5.74) is 0.467. The molecule has 0 amide bonds. The van der Waals surface area contributed by atoms with Crippen LogP contribution in [0.1, 0.15) is 40.0 Å². The highest BCUT2D eigenvalue weighted by molar-refractivity contribution is 7.98. The van der Waals surface area contributed by atoms with Crippen LogP contribution in [0.25, 0.3) is 0 Å². The minimum absolute atomic E-state index is 0.467. The Labute approximate surface area is 125 Å². The van der Waals surface area contributed by atoms with Crippen LogP contribution in [-0.2, 0) is 0 Å². The second kappa shape index (κ2) is 7.90. The maximum atomic E-state index is 3.56. The first-order valence-corrected chi connectivity index (χ1v) is 9.12. The van der Waals surface area contributed by atoms with E-state index in [4.69, 9.17) is 0 Å². The molecule has 1 aliphatic rings. The lowest BCUT2D eigenvalue weighted by molar-refractivity contribution is 0.0975. The number of hydrogen-bond acceptors (Lipinski definition) is 3. The van der Waals surface area contributed by atoms with Gasteiger partial charge < -0.3 is 10.2 Å². The molecule has 0 bridgehead atoms. The summed E-state index contributed by atoms with van der Waals surface area (Å²) in [7, 11) is 4.42. The minimum Gasteiger partial charge on any atom is -0.317 e. The summed E-state index contributed by atoms with van der Waals surface area (Å²) in [6, 6.07) is 0.718. The van der Waals surface area contributed by atoms with Gasteiger partial charge in [0.25, 0.3) is 0 Å². The molecule has 1 rings (SSSR count). The Morgan fingerprint density at radius 3 is 2.47 bits per heavy atom. The molecule has 3 unspecified atom stereocenters. The smallest absolute Gasteiger partial charge is 0.0105 e. The summed E-state index contributed by atoms with van der Waals surface area (Å²) in [5, 5.41) is 3.56. The highest BCUT2D eigenvalue weighted by Gasteiger charge is 2.35. The van der Waals surface area contributed by atoms with Crippen LogP contribution in [0.2, 0.25) is 0 Å². The fourth-order valence-corrected chi connectivity index (χ4v) is 3.87. The Morgan fingerprint density at radius 1 is 1.26 bits per heavy atom. The zero-order valence-corrected chi connectivity index (χ0v) is 14.6. The van der Waals surface area contributed by atoms with Gasteiger partial charge in [0.05, 0.1) is 0 Å². The zero-order valence-electron chi connectivity index (χ0n) is 13.8. The van der Waals surface area contributed by atoms with Crippen molar-refractivity contribution in [2.24, 2.45) is 17.3 Å². The molecule has 0 spiro atoms. The molecule has 3 atom stereocenters. The van der Waals surface area contributed by atoms with Gasteiger partial charge in [0.2, 0.25) is 0 Å². The standard InChI is InChI=1S/C16H34N2S/c1-16(2,3)14-7-8-15(17-4)13(11-14)12-18(5)9-10-19-6/h13-15,17H,7-12H2,1-6H3. The second-order valence-corrected chi connectivity index (χ2v) is 8.27. The lowest BCUT2D eigenvalue weighted by Crippen LogP contribution is -2.46. The molecule has 0 saturated heterocycles. The molecule has 0 radical (unpaired) electrons. The average Bonchev–Trinajstić information content (AvgIpc) is 2.35. The SMILES string of the molecule is CNC1CCC(C(C)(C)C)CC1CN(C)CCSC. The van der Waals surface area contributed by atoms with Gasteiger partial charge in [-0.25, -0.2) is 0 Å². The molecule has 0 aromatic rings. The maximum Gasteiger partial charge on any atom is 0.0105 e. The molecule has 1 saturated carbocycles. The number of nitrogens with zero attached hydrogens (tertiary/aromatic N) is 1. The Balaban J connectivity index is 2.55. The molecule has 1 N–H and O–H groups in total. The summed E-state index contributed by atoms with van der Waals surface area (Å²) in [6.45, 7) is 9.69. The molecular formula is C16H34N2S. The van der Waals surface area contributed by atoms with Gasteiger partial charge in [-0.1, -0.05) is 20.8 Å². The summed E-state index contributed by atoms with van der Waals surface area (Å²) in [4.78, 5) is 2.52. The fourth-order valence-electron chi connectivity index (χ4n) is 3.37. The van der Waals surface area contributed by atoms with Crippen LogP contribution in [0, 0.1) is 17.3 Å². The lowest BCUT2D eigenvalue weighted by Gasteiger charge is -2.43. The predicted molar refractivity (Wildman–Crippen MR) is 89.0 cm³/mol. The van der Waals surface area contributed by atoms with E-state index in [0.29, 0.717) is 5.41 Å². The van der Waals surface area contributed by atoms with Gasteiger partial charge in [-0.3, -0.25) is 0 Å². The molecule has 19 heavy (non-hydrogen) atoms. The van der Waals surface area contributed by atoms with Gasteiger partial charge in [0.15, 0.2) is 0 Å². The number of thioether (sulfide) groups is 1. The van der Waals surface area contributed by atoms with Crippen molar-refractivity contribution in [2.45, 2.75) is 46.1 Å². The quantitative estimate of drug-likeness (QED) is 0.806. The van der Waals surface area contributed by atoms with E-state index in [1.54, 1.807) is 0 Å². The Kier molecular flexibility index (Phi) is 7.20. The molecule has 0 aromatic heterocycles. The van der Waals surface area contributed by atoms with Crippen molar-refractivity contribution < 1.29 is 0 Å².